The Bertz CT molecular complexity index is 835. The molecule has 4 heteroatoms. The Balaban J connectivity index is 1.70. The van der Waals surface area contributed by atoms with Gasteiger partial charge in [-0.1, -0.05) is 44.2 Å². The third kappa shape index (κ3) is 4.94. The monoisotopic (exact) mass is 379 g/mol. The largest absolute Gasteiger partial charge is 0.493 e. The van der Waals surface area contributed by atoms with Gasteiger partial charge in [-0.15, -0.1) is 0 Å². The maximum absolute atomic E-state index is 12.8. The van der Waals surface area contributed by atoms with E-state index in [0.29, 0.717) is 30.0 Å². The van der Waals surface area contributed by atoms with E-state index in [2.05, 4.69) is 38.1 Å². The van der Waals surface area contributed by atoms with E-state index in [9.17, 15) is 4.79 Å². The van der Waals surface area contributed by atoms with Crippen LogP contribution in [-0.2, 0) is 11.3 Å². The Morgan fingerprint density at radius 1 is 1.07 bits per heavy atom. The van der Waals surface area contributed by atoms with Crippen LogP contribution in [-0.4, -0.2) is 31.1 Å². The number of carbonyl (C=O) groups is 1. The molecule has 0 radical (unpaired) electrons. The molecule has 1 aliphatic carbocycles. The second-order valence-electron chi connectivity index (χ2n) is 7.54. The van der Waals surface area contributed by atoms with Crippen molar-refractivity contribution in [2.45, 2.75) is 45.2 Å². The molecule has 4 nitrogen and oxygen atoms in total. The number of carbonyl (C=O) groups excluding carboxylic acids is 1. The minimum Gasteiger partial charge on any atom is -0.493 e. The van der Waals surface area contributed by atoms with Crippen LogP contribution in [0.4, 0.5) is 0 Å². The van der Waals surface area contributed by atoms with Crippen LogP contribution in [0.2, 0.25) is 0 Å². The molecule has 0 atom stereocenters. The minimum absolute atomic E-state index is 0.0465. The second kappa shape index (κ2) is 8.96. The lowest BCUT2D eigenvalue weighted by molar-refractivity contribution is -0.127. The van der Waals surface area contributed by atoms with Crippen LogP contribution >= 0.6 is 0 Å². The van der Waals surface area contributed by atoms with Crippen molar-refractivity contribution in [3.63, 3.8) is 0 Å². The summed E-state index contributed by atoms with van der Waals surface area (Å²) in [6.45, 7) is 5.03. The molecule has 0 aliphatic heterocycles. The molecule has 0 N–H and O–H groups in total. The number of rotatable bonds is 8. The number of methoxy groups -OCH3 is 2. The zero-order valence-electron chi connectivity index (χ0n) is 17.1. The van der Waals surface area contributed by atoms with Gasteiger partial charge in [-0.25, -0.2) is 0 Å². The highest BCUT2D eigenvalue weighted by Crippen LogP contribution is 2.30. The molecule has 2 aromatic rings. The highest BCUT2D eigenvalue weighted by molar-refractivity contribution is 5.92. The SMILES string of the molecule is COc1ccc(/C=C/C(=O)N(Cc2ccc(C(C)C)cc2)C2CC2)cc1OC. The number of ether oxygens (including phenoxy) is 2. The fourth-order valence-electron chi connectivity index (χ4n) is 3.20. The van der Waals surface area contributed by atoms with Crippen LogP contribution in [0.3, 0.4) is 0 Å². The maximum Gasteiger partial charge on any atom is 0.247 e. The first-order chi connectivity index (χ1) is 13.5. The van der Waals surface area contributed by atoms with Crippen LogP contribution in [0, 0.1) is 0 Å². The molecule has 1 fully saturated rings. The molecule has 1 aliphatic rings. The fourth-order valence-corrected chi connectivity index (χ4v) is 3.20. The zero-order valence-corrected chi connectivity index (χ0v) is 17.1. The van der Waals surface area contributed by atoms with Gasteiger partial charge in [0, 0.05) is 18.7 Å². The van der Waals surface area contributed by atoms with Gasteiger partial charge >= 0.3 is 0 Å². The summed E-state index contributed by atoms with van der Waals surface area (Å²) < 4.78 is 10.6. The van der Waals surface area contributed by atoms with Gasteiger partial charge in [-0.3, -0.25) is 4.79 Å². The molecule has 0 spiro atoms. The molecule has 2 aromatic carbocycles. The first kappa shape index (κ1) is 20.0. The lowest BCUT2D eigenvalue weighted by Gasteiger charge is -2.21. The van der Waals surface area contributed by atoms with Crippen molar-refractivity contribution in [3.8, 4) is 11.5 Å². The summed E-state index contributed by atoms with van der Waals surface area (Å²) in [7, 11) is 3.22. The Hall–Kier alpha value is -2.75. The Kier molecular flexibility index (Phi) is 6.40. The van der Waals surface area contributed by atoms with E-state index in [4.69, 9.17) is 9.47 Å². The summed E-state index contributed by atoms with van der Waals surface area (Å²) in [6, 6.07) is 14.6. The summed E-state index contributed by atoms with van der Waals surface area (Å²) in [5.74, 6) is 1.89. The van der Waals surface area contributed by atoms with E-state index in [-0.39, 0.29) is 5.91 Å². The van der Waals surface area contributed by atoms with Crippen molar-refractivity contribution in [3.05, 3.63) is 65.2 Å². The van der Waals surface area contributed by atoms with Crippen molar-refractivity contribution in [1.29, 1.82) is 0 Å². The summed E-state index contributed by atoms with van der Waals surface area (Å²) in [5, 5.41) is 0. The second-order valence-corrected chi connectivity index (χ2v) is 7.54. The molecule has 1 saturated carbocycles. The van der Waals surface area contributed by atoms with Crippen LogP contribution in [0.1, 0.15) is 49.3 Å². The van der Waals surface area contributed by atoms with E-state index in [0.717, 1.165) is 18.4 Å². The highest BCUT2D eigenvalue weighted by Gasteiger charge is 2.31. The van der Waals surface area contributed by atoms with Gasteiger partial charge < -0.3 is 14.4 Å². The summed E-state index contributed by atoms with van der Waals surface area (Å²) in [4.78, 5) is 14.8. The van der Waals surface area contributed by atoms with Crippen molar-refractivity contribution in [1.82, 2.24) is 4.90 Å². The lowest BCUT2D eigenvalue weighted by atomic mass is 10.0. The van der Waals surface area contributed by atoms with Gasteiger partial charge in [0.1, 0.15) is 0 Å². The molecule has 0 saturated heterocycles. The third-order valence-corrected chi connectivity index (χ3v) is 5.10. The van der Waals surface area contributed by atoms with Gasteiger partial charge in [0.05, 0.1) is 14.2 Å². The van der Waals surface area contributed by atoms with Crippen LogP contribution in [0.15, 0.2) is 48.5 Å². The predicted molar refractivity (Wildman–Crippen MR) is 113 cm³/mol. The molecule has 0 heterocycles. The Labute approximate surface area is 167 Å². The van der Waals surface area contributed by atoms with Crippen LogP contribution in [0.5, 0.6) is 11.5 Å². The number of amides is 1. The van der Waals surface area contributed by atoms with Gasteiger partial charge in [-0.05, 0) is 53.7 Å². The first-order valence-corrected chi connectivity index (χ1v) is 9.81. The van der Waals surface area contributed by atoms with E-state index < -0.39 is 0 Å². The van der Waals surface area contributed by atoms with Gasteiger partial charge in [-0.2, -0.15) is 0 Å². The topological polar surface area (TPSA) is 38.8 Å². The molecular weight excluding hydrogens is 350 g/mol. The summed E-state index contributed by atoms with van der Waals surface area (Å²) in [6.07, 6.45) is 5.66. The number of hydrogen-bond acceptors (Lipinski definition) is 3. The average molecular weight is 380 g/mol. The van der Waals surface area contributed by atoms with E-state index >= 15 is 0 Å². The average Bonchev–Trinajstić information content (AvgIpc) is 3.55. The molecule has 148 valence electrons. The zero-order chi connectivity index (χ0) is 20.1. The Morgan fingerprint density at radius 2 is 1.75 bits per heavy atom. The number of hydrogen-bond donors (Lipinski definition) is 0. The van der Waals surface area contributed by atoms with Gasteiger partial charge in [0.15, 0.2) is 11.5 Å². The normalized spacial score (nSPS) is 13.8. The third-order valence-electron chi connectivity index (χ3n) is 5.10. The van der Waals surface area contributed by atoms with E-state index in [1.807, 2.05) is 29.2 Å². The van der Waals surface area contributed by atoms with Crippen molar-refractivity contribution >= 4 is 12.0 Å². The van der Waals surface area contributed by atoms with Crippen LogP contribution < -0.4 is 9.47 Å². The summed E-state index contributed by atoms with van der Waals surface area (Å²) in [5.41, 5.74) is 3.40. The summed E-state index contributed by atoms with van der Waals surface area (Å²) >= 11 is 0. The quantitative estimate of drug-likeness (QED) is 0.604. The van der Waals surface area contributed by atoms with E-state index in [1.165, 1.54) is 11.1 Å². The molecule has 0 aromatic heterocycles. The molecule has 3 rings (SSSR count). The molecule has 0 bridgehead atoms. The minimum atomic E-state index is 0.0465. The van der Waals surface area contributed by atoms with Gasteiger partial charge in [0.25, 0.3) is 0 Å². The number of nitrogens with zero attached hydrogens (tertiary/aromatic N) is 1. The van der Waals surface area contributed by atoms with Gasteiger partial charge in [0.2, 0.25) is 5.91 Å². The van der Waals surface area contributed by atoms with E-state index in [1.54, 1.807) is 20.3 Å². The molecule has 0 unspecified atom stereocenters. The lowest BCUT2D eigenvalue weighted by Crippen LogP contribution is -2.31. The predicted octanol–water partition coefficient (Wildman–Crippen LogP) is 5.03. The van der Waals surface area contributed by atoms with Crippen molar-refractivity contribution in [2.24, 2.45) is 0 Å². The standard InChI is InChI=1S/C24H29NO3/c1-17(2)20-9-5-19(6-10-20)16-25(21-11-12-21)24(26)14-8-18-7-13-22(27-3)23(15-18)28-4/h5-10,13-15,17,21H,11-12,16H2,1-4H3/b14-8+. The first-order valence-electron chi connectivity index (χ1n) is 9.81. The Morgan fingerprint density at radius 3 is 2.32 bits per heavy atom. The molecule has 28 heavy (non-hydrogen) atoms. The molecular formula is C24H29NO3. The van der Waals surface area contributed by atoms with Crippen LogP contribution in [0.25, 0.3) is 6.08 Å². The molecule has 1 amide bonds. The highest BCUT2D eigenvalue weighted by atomic mass is 16.5. The fraction of sp³-hybridized carbons (Fsp3) is 0.375. The maximum atomic E-state index is 12.8. The van der Waals surface area contributed by atoms with Crippen molar-refractivity contribution < 1.29 is 14.3 Å². The number of benzene rings is 2. The smallest absolute Gasteiger partial charge is 0.247 e. The van der Waals surface area contributed by atoms with Crippen molar-refractivity contribution in [2.75, 3.05) is 14.2 Å².